The molecule has 1 atom stereocenters. The van der Waals surface area contributed by atoms with Gasteiger partial charge in [-0.25, -0.2) is 0 Å². The first-order valence-corrected chi connectivity index (χ1v) is 7.26. The molecule has 2 N–H and O–H groups in total. The Morgan fingerprint density at radius 3 is 1.85 bits per heavy atom. The van der Waals surface area contributed by atoms with Crippen LogP contribution >= 0.6 is 0 Å². The molecular weight excluding hydrogens is 258 g/mol. The lowest BCUT2D eigenvalue weighted by atomic mass is 10.1. The summed E-state index contributed by atoms with van der Waals surface area (Å²) in [5.41, 5.74) is 5.52. The normalized spacial score (nSPS) is 17.4. The molecule has 1 aliphatic rings. The maximum absolute atomic E-state index is 12.1. The standard InChI is InChI=1S/C14H27N3O3/c1-11(2)8-13(18)16-4-6-17(7-5-16)14(19)9-12(10-15)20-3/h11-12H,4-10,15H2,1-3H3. The highest BCUT2D eigenvalue weighted by Crippen LogP contribution is 2.10. The minimum absolute atomic E-state index is 0.0539. The molecule has 0 radical (unpaired) electrons. The molecule has 1 fully saturated rings. The predicted molar refractivity (Wildman–Crippen MR) is 77.1 cm³/mol. The molecule has 1 saturated heterocycles. The molecule has 20 heavy (non-hydrogen) atoms. The fourth-order valence-corrected chi connectivity index (χ4v) is 2.27. The van der Waals surface area contributed by atoms with Crippen LogP contribution in [-0.4, -0.2) is 67.6 Å². The molecule has 1 aliphatic heterocycles. The second-order valence-electron chi connectivity index (χ2n) is 5.66. The first-order valence-electron chi connectivity index (χ1n) is 7.26. The summed E-state index contributed by atoms with van der Waals surface area (Å²) in [6.45, 7) is 6.86. The third-order valence-corrected chi connectivity index (χ3v) is 3.57. The Balaban J connectivity index is 2.38. The Bertz CT molecular complexity index is 322. The number of hydrogen-bond acceptors (Lipinski definition) is 4. The molecular formula is C14H27N3O3. The zero-order valence-electron chi connectivity index (χ0n) is 12.8. The van der Waals surface area contributed by atoms with E-state index in [1.165, 1.54) is 0 Å². The van der Waals surface area contributed by atoms with Gasteiger partial charge < -0.3 is 20.3 Å². The molecule has 0 bridgehead atoms. The largest absolute Gasteiger partial charge is 0.380 e. The zero-order valence-corrected chi connectivity index (χ0v) is 12.8. The molecule has 0 saturated carbocycles. The summed E-state index contributed by atoms with van der Waals surface area (Å²) in [7, 11) is 1.56. The van der Waals surface area contributed by atoms with Gasteiger partial charge in [0.15, 0.2) is 0 Å². The van der Waals surface area contributed by atoms with Crippen molar-refractivity contribution in [3.8, 4) is 0 Å². The summed E-state index contributed by atoms with van der Waals surface area (Å²) >= 11 is 0. The molecule has 6 heteroatoms. The molecule has 0 aromatic heterocycles. The van der Waals surface area contributed by atoms with Crippen molar-refractivity contribution in [2.24, 2.45) is 11.7 Å². The number of carbonyl (C=O) groups excluding carboxylic acids is 2. The van der Waals surface area contributed by atoms with Gasteiger partial charge in [0.25, 0.3) is 0 Å². The fraction of sp³-hybridized carbons (Fsp3) is 0.857. The monoisotopic (exact) mass is 285 g/mol. The van der Waals surface area contributed by atoms with Gasteiger partial charge in [-0.2, -0.15) is 0 Å². The molecule has 1 heterocycles. The Hall–Kier alpha value is -1.14. The van der Waals surface area contributed by atoms with Crippen LogP contribution < -0.4 is 5.73 Å². The molecule has 1 unspecified atom stereocenters. The highest BCUT2D eigenvalue weighted by Gasteiger charge is 2.25. The van der Waals surface area contributed by atoms with Gasteiger partial charge in [0, 0.05) is 46.3 Å². The van der Waals surface area contributed by atoms with Crippen molar-refractivity contribution in [3.05, 3.63) is 0 Å². The van der Waals surface area contributed by atoms with E-state index in [1.54, 1.807) is 12.0 Å². The SMILES string of the molecule is COC(CN)CC(=O)N1CCN(C(=O)CC(C)C)CC1. The van der Waals surface area contributed by atoms with Gasteiger partial charge in [-0.05, 0) is 5.92 Å². The van der Waals surface area contributed by atoms with Crippen LogP contribution in [-0.2, 0) is 14.3 Å². The second-order valence-corrected chi connectivity index (χ2v) is 5.66. The van der Waals surface area contributed by atoms with Crippen molar-refractivity contribution in [3.63, 3.8) is 0 Å². The lowest BCUT2D eigenvalue weighted by Gasteiger charge is -2.35. The number of hydrogen-bond donors (Lipinski definition) is 1. The number of nitrogens with two attached hydrogens (primary N) is 1. The van der Waals surface area contributed by atoms with Crippen LogP contribution in [0, 0.1) is 5.92 Å². The number of methoxy groups -OCH3 is 1. The van der Waals surface area contributed by atoms with Gasteiger partial charge in [-0.3, -0.25) is 9.59 Å². The number of piperazine rings is 1. The smallest absolute Gasteiger partial charge is 0.225 e. The van der Waals surface area contributed by atoms with Crippen LogP contribution in [0.25, 0.3) is 0 Å². The van der Waals surface area contributed by atoms with Gasteiger partial charge in [-0.15, -0.1) is 0 Å². The van der Waals surface area contributed by atoms with Crippen LogP contribution in [0.5, 0.6) is 0 Å². The Morgan fingerprint density at radius 2 is 1.50 bits per heavy atom. The molecule has 0 aromatic carbocycles. The average Bonchev–Trinajstić information content (AvgIpc) is 2.43. The maximum atomic E-state index is 12.1. The van der Waals surface area contributed by atoms with Crippen molar-refractivity contribution in [1.82, 2.24) is 9.80 Å². The predicted octanol–water partition coefficient (Wildman–Crippen LogP) is 0.0671. The quantitative estimate of drug-likeness (QED) is 0.749. The van der Waals surface area contributed by atoms with Crippen molar-refractivity contribution >= 4 is 11.8 Å². The van der Waals surface area contributed by atoms with Crippen molar-refractivity contribution in [2.45, 2.75) is 32.8 Å². The molecule has 0 aliphatic carbocycles. The molecule has 0 spiro atoms. The van der Waals surface area contributed by atoms with Crippen molar-refractivity contribution < 1.29 is 14.3 Å². The van der Waals surface area contributed by atoms with Gasteiger partial charge in [0.1, 0.15) is 0 Å². The van der Waals surface area contributed by atoms with Gasteiger partial charge >= 0.3 is 0 Å². The van der Waals surface area contributed by atoms with E-state index in [0.717, 1.165) is 0 Å². The second kappa shape index (κ2) is 8.21. The summed E-state index contributed by atoms with van der Waals surface area (Å²) in [6, 6.07) is 0. The van der Waals surface area contributed by atoms with E-state index < -0.39 is 0 Å². The minimum Gasteiger partial charge on any atom is -0.380 e. The lowest BCUT2D eigenvalue weighted by Crippen LogP contribution is -2.51. The van der Waals surface area contributed by atoms with Gasteiger partial charge in [0.2, 0.25) is 11.8 Å². The lowest BCUT2D eigenvalue weighted by molar-refractivity contribution is -0.141. The number of rotatable bonds is 6. The Labute approximate surface area is 121 Å². The first-order chi connectivity index (χ1) is 9.47. The summed E-state index contributed by atoms with van der Waals surface area (Å²) in [5.74, 6) is 0.608. The summed E-state index contributed by atoms with van der Waals surface area (Å²) in [6.07, 6.45) is 0.669. The third-order valence-electron chi connectivity index (χ3n) is 3.57. The number of nitrogens with zero attached hydrogens (tertiary/aromatic N) is 2. The van der Waals surface area contributed by atoms with E-state index in [-0.39, 0.29) is 17.9 Å². The summed E-state index contributed by atoms with van der Waals surface area (Å²) in [4.78, 5) is 27.6. The third kappa shape index (κ3) is 5.09. The van der Waals surface area contributed by atoms with E-state index in [2.05, 4.69) is 0 Å². The van der Waals surface area contributed by atoms with Gasteiger partial charge in [0.05, 0.1) is 12.5 Å². The number of ether oxygens (including phenoxy) is 1. The fourth-order valence-electron chi connectivity index (χ4n) is 2.27. The summed E-state index contributed by atoms with van der Waals surface area (Å²) < 4.78 is 5.13. The van der Waals surface area contributed by atoms with Crippen LogP contribution in [0.3, 0.4) is 0 Å². The zero-order chi connectivity index (χ0) is 15.1. The Kier molecular flexibility index (Phi) is 6.95. The van der Waals surface area contributed by atoms with E-state index in [1.807, 2.05) is 18.7 Å². The van der Waals surface area contributed by atoms with Crippen LogP contribution in [0.15, 0.2) is 0 Å². The van der Waals surface area contributed by atoms with E-state index in [9.17, 15) is 9.59 Å². The molecule has 1 rings (SSSR count). The van der Waals surface area contributed by atoms with Crippen LogP contribution in [0.1, 0.15) is 26.7 Å². The Morgan fingerprint density at radius 1 is 1.05 bits per heavy atom. The molecule has 116 valence electrons. The maximum Gasteiger partial charge on any atom is 0.225 e. The number of carbonyl (C=O) groups is 2. The van der Waals surface area contributed by atoms with Crippen LogP contribution in [0.4, 0.5) is 0 Å². The number of amides is 2. The van der Waals surface area contributed by atoms with E-state index in [4.69, 9.17) is 10.5 Å². The minimum atomic E-state index is -0.219. The first kappa shape index (κ1) is 16.9. The van der Waals surface area contributed by atoms with Crippen molar-refractivity contribution in [1.29, 1.82) is 0 Å². The highest BCUT2D eigenvalue weighted by molar-refractivity contribution is 5.78. The molecule has 2 amide bonds. The van der Waals surface area contributed by atoms with E-state index in [0.29, 0.717) is 51.5 Å². The average molecular weight is 285 g/mol. The van der Waals surface area contributed by atoms with E-state index >= 15 is 0 Å². The molecule has 6 nitrogen and oxygen atoms in total. The highest BCUT2D eigenvalue weighted by atomic mass is 16.5. The van der Waals surface area contributed by atoms with Gasteiger partial charge in [-0.1, -0.05) is 13.8 Å². The van der Waals surface area contributed by atoms with Crippen LogP contribution in [0.2, 0.25) is 0 Å². The topological polar surface area (TPSA) is 75.9 Å². The van der Waals surface area contributed by atoms with Crippen molar-refractivity contribution in [2.75, 3.05) is 39.8 Å². The summed E-state index contributed by atoms with van der Waals surface area (Å²) in [5, 5.41) is 0. The molecule has 0 aromatic rings.